The Morgan fingerprint density at radius 1 is 1.64 bits per heavy atom. The highest BCUT2D eigenvalue weighted by Gasteiger charge is 2.33. The van der Waals surface area contributed by atoms with Gasteiger partial charge < -0.3 is 9.64 Å². The highest BCUT2D eigenvalue weighted by molar-refractivity contribution is 14.1. The molecule has 1 aliphatic heterocycles. The van der Waals surface area contributed by atoms with Crippen LogP contribution in [0.4, 0.5) is 0 Å². The third kappa shape index (κ3) is 3.38. The van der Waals surface area contributed by atoms with Crippen molar-refractivity contribution in [2.24, 2.45) is 0 Å². The van der Waals surface area contributed by atoms with Crippen LogP contribution >= 0.6 is 22.6 Å². The third-order valence-electron chi connectivity index (χ3n) is 2.52. The minimum Gasteiger partial charge on any atom is -0.457 e. The summed E-state index contributed by atoms with van der Waals surface area (Å²) in [5.74, 6) is -0.0941. The molecule has 14 heavy (non-hydrogen) atoms. The predicted molar refractivity (Wildman–Crippen MR) is 64.7 cm³/mol. The van der Waals surface area contributed by atoms with Crippen molar-refractivity contribution >= 4 is 28.6 Å². The summed E-state index contributed by atoms with van der Waals surface area (Å²) in [7, 11) is 2.07. The van der Waals surface area contributed by atoms with Crippen LogP contribution in [0.1, 0.15) is 26.7 Å². The standard InChI is InChI=1S/C10H18INO2/c1-8(11)9(13)14-10(2)5-4-6-12(3)7-10/h8H,4-7H2,1-3H3. The first kappa shape index (κ1) is 12.2. The van der Waals surface area contributed by atoms with E-state index in [1.807, 2.05) is 13.8 Å². The van der Waals surface area contributed by atoms with E-state index in [-0.39, 0.29) is 15.5 Å². The number of hydrogen-bond acceptors (Lipinski definition) is 3. The highest BCUT2D eigenvalue weighted by Crippen LogP contribution is 2.24. The summed E-state index contributed by atoms with van der Waals surface area (Å²) in [6, 6.07) is 0. The van der Waals surface area contributed by atoms with Gasteiger partial charge in [0.25, 0.3) is 0 Å². The molecular formula is C10H18INO2. The number of ether oxygens (including phenoxy) is 1. The van der Waals surface area contributed by atoms with Gasteiger partial charge in [-0.25, -0.2) is 0 Å². The second-order valence-electron chi connectivity index (χ2n) is 4.33. The minimum atomic E-state index is -0.274. The van der Waals surface area contributed by atoms with Crippen molar-refractivity contribution in [3.8, 4) is 0 Å². The molecule has 0 bridgehead atoms. The first-order chi connectivity index (χ1) is 6.43. The molecule has 0 radical (unpaired) electrons. The molecular weight excluding hydrogens is 293 g/mol. The van der Waals surface area contributed by atoms with E-state index in [2.05, 4.69) is 34.5 Å². The second kappa shape index (κ2) is 4.79. The van der Waals surface area contributed by atoms with Crippen LogP contribution in [0, 0.1) is 0 Å². The molecule has 4 heteroatoms. The lowest BCUT2D eigenvalue weighted by Crippen LogP contribution is -2.48. The van der Waals surface area contributed by atoms with Crippen LogP contribution in [0.25, 0.3) is 0 Å². The zero-order valence-corrected chi connectivity index (χ0v) is 11.2. The molecule has 0 aliphatic carbocycles. The van der Waals surface area contributed by atoms with Crippen molar-refractivity contribution in [2.45, 2.75) is 36.2 Å². The van der Waals surface area contributed by atoms with Gasteiger partial charge in [0.15, 0.2) is 0 Å². The molecule has 0 aromatic heterocycles. The van der Waals surface area contributed by atoms with Gasteiger partial charge in [0.1, 0.15) is 9.53 Å². The lowest BCUT2D eigenvalue weighted by Gasteiger charge is -2.38. The molecule has 2 atom stereocenters. The Morgan fingerprint density at radius 2 is 2.29 bits per heavy atom. The lowest BCUT2D eigenvalue weighted by molar-refractivity contribution is -0.161. The number of carbonyl (C=O) groups is 1. The molecule has 1 saturated heterocycles. The third-order valence-corrected chi connectivity index (χ3v) is 3.03. The fourth-order valence-corrected chi connectivity index (χ4v) is 1.99. The van der Waals surface area contributed by atoms with Crippen molar-refractivity contribution in [1.29, 1.82) is 0 Å². The van der Waals surface area contributed by atoms with Gasteiger partial charge in [-0.05, 0) is 40.3 Å². The van der Waals surface area contributed by atoms with Crippen LogP contribution in [0.3, 0.4) is 0 Å². The summed E-state index contributed by atoms with van der Waals surface area (Å²) in [5.41, 5.74) is -0.274. The van der Waals surface area contributed by atoms with Crippen molar-refractivity contribution < 1.29 is 9.53 Å². The Kier molecular flexibility index (Phi) is 4.18. The second-order valence-corrected chi connectivity index (χ2v) is 6.20. The number of piperidine rings is 1. The average Bonchev–Trinajstić information content (AvgIpc) is 2.02. The number of carbonyl (C=O) groups excluding carboxylic acids is 1. The van der Waals surface area contributed by atoms with Gasteiger partial charge in [0, 0.05) is 6.54 Å². The van der Waals surface area contributed by atoms with Crippen molar-refractivity contribution in [3.05, 3.63) is 0 Å². The smallest absolute Gasteiger partial charge is 0.319 e. The van der Waals surface area contributed by atoms with E-state index in [4.69, 9.17) is 4.74 Å². The van der Waals surface area contributed by atoms with Gasteiger partial charge in [-0.1, -0.05) is 22.6 Å². The Labute approximate surface area is 99.3 Å². The number of rotatable bonds is 2. The number of alkyl halides is 1. The van der Waals surface area contributed by atoms with Crippen LogP contribution < -0.4 is 0 Å². The summed E-state index contributed by atoms with van der Waals surface area (Å²) >= 11 is 2.09. The first-order valence-corrected chi connectivity index (χ1v) is 6.23. The number of nitrogens with zero attached hydrogens (tertiary/aromatic N) is 1. The van der Waals surface area contributed by atoms with E-state index < -0.39 is 0 Å². The number of hydrogen-bond donors (Lipinski definition) is 0. The SMILES string of the molecule is CC(I)C(=O)OC1(C)CCCN(C)C1. The molecule has 1 fully saturated rings. The van der Waals surface area contributed by atoms with Crippen LogP contribution in [0.5, 0.6) is 0 Å². The minimum absolute atomic E-state index is 0.0587. The van der Waals surface area contributed by atoms with E-state index in [0.717, 1.165) is 25.9 Å². The summed E-state index contributed by atoms with van der Waals surface area (Å²) in [4.78, 5) is 13.7. The van der Waals surface area contributed by atoms with E-state index >= 15 is 0 Å². The van der Waals surface area contributed by atoms with Crippen LogP contribution in [-0.4, -0.2) is 40.5 Å². The van der Waals surface area contributed by atoms with E-state index in [9.17, 15) is 4.79 Å². The number of likely N-dealkylation sites (N-methyl/N-ethyl adjacent to an activating group) is 1. The molecule has 0 saturated carbocycles. The fourth-order valence-electron chi connectivity index (χ4n) is 1.86. The number of esters is 1. The maximum atomic E-state index is 11.5. The summed E-state index contributed by atoms with van der Waals surface area (Å²) in [6.07, 6.45) is 2.09. The summed E-state index contributed by atoms with van der Waals surface area (Å²) < 4.78 is 5.46. The monoisotopic (exact) mass is 311 g/mol. The van der Waals surface area contributed by atoms with Crippen LogP contribution in [-0.2, 0) is 9.53 Å². The molecule has 0 aromatic carbocycles. The molecule has 0 spiro atoms. The fraction of sp³-hybridized carbons (Fsp3) is 0.900. The first-order valence-electron chi connectivity index (χ1n) is 4.98. The predicted octanol–water partition coefficient (Wildman–Crippen LogP) is 1.84. The largest absolute Gasteiger partial charge is 0.457 e. The molecule has 2 unspecified atom stereocenters. The van der Waals surface area contributed by atoms with Gasteiger partial charge >= 0.3 is 5.97 Å². The van der Waals surface area contributed by atoms with Crippen molar-refractivity contribution in [2.75, 3.05) is 20.1 Å². The highest BCUT2D eigenvalue weighted by atomic mass is 127. The maximum absolute atomic E-state index is 11.5. The molecule has 1 heterocycles. The van der Waals surface area contributed by atoms with E-state index in [1.54, 1.807) is 0 Å². The number of likely N-dealkylation sites (tertiary alicyclic amines) is 1. The summed E-state index contributed by atoms with van der Waals surface area (Å²) in [6.45, 7) is 5.84. The molecule has 0 N–H and O–H groups in total. The molecule has 3 nitrogen and oxygen atoms in total. The van der Waals surface area contributed by atoms with Crippen molar-refractivity contribution in [3.63, 3.8) is 0 Å². The molecule has 0 aromatic rings. The molecule has 82 valence electrons. The van der Waals surface area contributed by atoms with Gasteiger partial charge in [0.2, 0.25) is 0 Å². The lowest BCUT2D eigenvalue weighted by atomic mass is 9.95. The quantitative estimate of drug-likeness (QED) is 0.443. The maximum Gasteiger partial charge on any atom is 0.319 e. The van der Waals surface area contributed by atoms with Gasteiger partial charge in [0.05, 0.1) is 0 Å². The van der Waals surface area contributed by atoms with Crippen molar-refractivity contribution in [1.82, 2.24) is 4.90 Å². The zero-order chi connectivity index (χ0) is 10.8. The Hall–Kier alpha value is 0.160. The van der Waals surface area contributed by atoms with E-state index in [1.165, 1.54) is 0 Å². The summed E-state index contributed by atoms with van der Waals surface area (Å²) in [5, 5.41) is 0. The molecule has 1 aliphatic rings. The zero-order valence-electron chi connectivity index (χ0n) is 9.05. The van der Waals surface area contributed by atoms with Gasteiger partial charge in [-0.3, -0.25) is 4.79 Å². The molecule has 0 amide bonds. The molecule has 1 rings (SSSR count). The van der Waals surface area contributed by atoms with E-state index in [0.29, 0.717) is 0 Å². The van der Waals surface area contributed by atoms with Gasteiger partial charge in [-0.15, -0.1) is 0 Å². The van der Waals surface area contributed by atoms with Crippen LogP contribution in [0.2, 0.25) is 0 Å². The van der Waals surface area contributed by atoms with Crippen LogP contribution in [0.15, 0.2) is 0 Å². The topological polar surface area (TPSA) is 29.5 Å². The Balaban J connectivity index is 2.52. The Morgan fingerprint density at radius 3 is 2.79 bits per heavy atom. The normalized spacial score (nSPS) is 31.1. The average molecular weight is 311 g/mol. The number of halogens is 1. The Bertz CT molecular complexity index is 220. The van der Waals surface area contributed by atoms with Gasteiger partial charge in [-0.2, -0.15) is 0 Å².